The first kappa shape index (κ1) is 9.68. The van der Waals surface area contributed by atoms with Gasteiger partial charge in [-0.2, -0.15) is 8.75 Å². The molecule has 6 heteroatoms. The topological polar surface area (TPSA) is 57.4 Å². The third-order valence-corrected chi connectivity index (χ3v) is 3.16. The molecule has 0 bridgehead atoms. The zero-order valence-electron chi connectivity index (χ0n) is 8.23. The molecular weight excluding hydrogens is 240 g/mol. The molecule has 2 N–H and O–H groups in total. The van der Waals surface area contributed by atoms with Crippen LogP contribution >= 0.6 is 23.9 Å². The van der Waals surface area contributed by atoms with Crippen molar-refractivity contribution in [2.24, 2.45) is 0 Å². The van der Waals surface area contributed by atoms with E-state index in [9.17, 15) is 0 Å². The van der Waals surface area contributed by atoms with Crippen molar-refractivity contribution < 1.29 is 0 Å². The maximum Gasteiger partial charge on any atom is 0.174 e. The molecular formula is C10H8N4S2. The van der Waals surface area contributed by atoms with Crippen LogP contribution in [0.2, 0.25) is 0 Å². The molecule has 3 aromatic rings. The normalized spacial score (nSPS) is 11.0. The van der Waals surface area contributed by atoms with Gasteiger partial charge in [0.05, 0.1) is 11.7 Å². The Morgan fingerprint density at radius 2 is 2.25 bits per heavy atom. The van der Waals surface area contributed by atoms with E-state index in [1.807, 2.05) is 18.3 Å². The van der Waals surface area contributed by atoms with E-state index in [1.165, 1.54) is 11.7 Å². The molecule has 0 aliphatic rings. The number of hydrogen-bond acceptors (Lipinski definition) is 4. The highest BCUT2D eigenvalue weighted by atomic mass is 32.1. The Hall–Kier alpha value is -1.53. The minimum atomic E-state index is 0.651. The lowest BCUT2D eigenvalue weighted by molar-refractivity contribution is 1.11. The molecule has 16 heavy (non-hydrogen) atoms. The summed E-state index contributed by atoms with van der Waals surface area (Å²) in [5, 5.41) is 0. The summed E-state index contributed by atoms with van der Waals surface area (Å²) in [6, 6.07) is 6.04. The molecule has 0 spiro atoms. The van der Waals surface area contributed by atoms with E-state index >= 15 is 0 Å². The first-order valence-electron chi connectivity index (χ1n) is 4.79. The smallest absolute Gasteiger partial charge is 0.174 e. The van der Waals surface area contributed by atoms with Crippen molar-refractivity contribution in [3.63, 3.8) is 0 Å². The number of H-pyrrole nitrogens is 2. The largest absolute Gasteiger partial charge is 0.337 e. The Morgan fingerprint density at radius 1 is 1.31 bits per heavy atom. The molecule has 0 fully saturated rings. The van der Waals surface area contributed by atoms with E-state index in [4.69, 9.17) is 12.2 Å². The van der Waals surface area contributed by atoms with Crippen LogP contribution in [0.5, 0.6) is 0 Å². The van der Waals surface area contributed by atoms with Gasteiger partial charge in [-0.05, 0) is 23.8 Å². The zero-order chi connectivity index (χ0) is 11.0. The maximum absolute atomic E-state index is 4.99. The predicted molar refractivity (Wildman–Crippen MR) is 66.2 cm³/mol. The zero-order valence-corrected chi connectivity index (χ0v) is 9.86. The molecule has 0 aliphatic carbocycles. The second-order valence-corrected chi connectivity index (χ2v) is 4.43. The van der Waals surface area contributed by atoms with E-state index in [1.54, 1.807) is 0 Å². The van der Waals surface area contributed by atoms with Crippen molar-refractivity contribution in [1.82, 2.24) is 18.7 Å². The second-order valence-electron chi connectivity index (χ2n) is 3.49. The third-order valence-electron chi connectivity index (χ3n) is 2.40. The van der Waals surface area contributed by atoms with Gasteiger partial charge in [0.2, 0.25) is 0 Å². The first-order valence-corrected chi connectivity index (χ1v) is 5.93. The number of nitrogens with zero attached hydrogens (tertiary/aromatic N) is 2. The van der Waals surface area contributed by atoms with Gasteiger partial charge in [-0.1, -0.05) is 12.1 Å². The molecule has 0 atom stereocenters. The van der Waals surface area contributed by atoms with Gasteiger partial charge in [0.1, 0.15) is 11.0 Å². The van der Waals surface area contributed by atoms with Crippen LogP contribution in [0.4, 0.5) is 0 Å². The Balaban J connectivity index is 2.06. The second kappa shape index (κ2) is 3.80. The van der Waals surface area contributed by atoms with E-state index < -0.39 is 0 Å². The number of hydrogen-bond donors (Lipinski definition) is 2. The molecule has 1 aromatic carbocycles. The Labute approximate surface area is 101 Å². The molecule has 0 saturated heterocycles. The summed E-state index contributed by atoms with van der Waals surface area (Å²) >= 11 is 6.24. The average molecular weight is 248 g/mol. The molecule has 4 nitrogen and oxygen atoms in total. The van der Waals surface area contributed by atoms with Gasteiger partial charge in [0, 0.05) is 18.3 Å². The molecule has 2 heterocycles. The molecule has 0 aliphatic heterocycles. The summed E-state index contributed by atoms with van der Waals surface area (Å²) in [5.41, 5.74) is 4.16. The van der Waals surface area contributed by atoms with Crippen molar-refractivity contribution in [3.05, 3.63) is 40.4 Å². The Morgan fingerprint density at radius 3 is 3.06 bits per heavy atom. The monoisotopic (exact) mass is 248 g/mol. The number of benzene rings is 1. The minimum absolute atomic E-state index is 0.651. The van der Waals surface area contributed by atoms with E-state index in [0.29, 0.717) is 4.77 Å². The van der Waals surface area contributed by atoms with Crippen LogP contribution in [0.1, 0.15) is 11.3 Å². The van der Waals surface area contributed by atoms with Gasteiger partial charge in [0.15, 0.2) is 4.77 Å². The molecule has 0 saturated carbocycles. The fourth-order valence-electron chi connectivity index (χ4n) is 1.68. The fourth-order valence-corrected chi connectivity index (χ4v) is 2.43. The van der Waals surface area contributed by atoms with Crippen LogP contribution in [0, 0.1) is 4.77 Å². The van der Waals surface area contributed by atoms with Crippen LogP contribution < -0.4 is 0 Å². The van der Waals surface area contributed by atoms with E-state index in [0.717, 1.165) is 28.7 Å². The molecule has 0 amide bonds. The lowest BCUT2D eigenvalue weighted by atomic mass is 10.1. The molecule has 0 radical (unpaired) electrons. The highest BCUT2D eigenvalue weighted by Crippen LogP contribution is 2.18. The first-order chi connectivity index (χ1) is 7.83. The molecule has 3 rings (SSSR count). The van der Waals surface area contributed by atoms with Gasteiger partial charge in [0.25, 0.3) is 0 Å². The summed E-state index contributed by atoms with van der Waals surface area (Å²) in [6.07, 6.45) is 2.68. The summed E-state index contributed by atoms with van der Waals surface area (Å²) in [5.74, 6) is 0. The SMILES string of the molecule is S=c1[nH]cc(Cc2cccc3nsnc23)[nH]1. The minimum Gasteiger partial charge on any atom is -0.337 e. The number of aromatic nitrogens is 4. The molecule has 80 valence electrons. The lowest BCUT2D eigenvalue weighted by Crippen LogP contribution is -1.89. The van der Waals surface area contributed by atoms with Crippen molar-refractivity contribution in [3.8, 4) is 0 Å². The van der Waals surface area contributed by atoms with Crippen LogP contribution in [0.15, 0.2) is 24.4 Å². The maximum atomic E-state index is 4.99. The van der Waals surface area contributed by atoms with Crippen molar-refractivity contribution in [2.75, 3.05) is 0 Å². The van der Waals surface area contributed by atoms with Gasteiger partial charge >= 0.3 is 0 Å². The number of imidazole rings is 1. The van der Waals surface area contributed by atoms with Crippen molar-refractivity contribution in [1.29, 1.82) is 0 Å². The van der Waals surface area contributed by atoms with E-state index in [2.05, 4.69) is 24.8 Å². The molecule has 2 aromatic heterocycles. The fraction of sp³-hybridized carbons (Fsp3) is 0.100. The van der Waals surface area contributed by atoms with Crippen LogP contribution in [0.3, 0.4) is 0 Å². The van der Waals surface area contributed by atoms with Crippen molar-refractivity contribution >= 4 is 35.0 Å². The summed E-state index contributed by atoms with van der Waals surface area (Å²) in [4.78, 5) is 6.05. The predicted octanol–water partition coefficient (Wildman–Crippen LogP) is 2.67. The van der Waals surface area contributed by atoms with Crippen LogP contribution in [-0.2, 0) is 6.42 Å². The number of nitrogens with one attached hydrogen (secondary N) is 2. The molecule has 0 unspecified atom stereocenters. The number of rotatable bonds is 2. The van der Waals surface area contributed by atoms with Gasteiger partial charge in [-0.25, -0.2) is 0 Å². The number of fused-ring (bicyclic) bond motifs is 1. The average Bonchev–Trinajstić information content (AvgIpc) is 2.87. The Bertz CT molecular complexity index is 679. The highest BCUT2D eigenvalue weighted by molar-refractivity contribution is 7.71. The standard InChI is InChI=1S/C10H8N4S2/c15-10-11-5-7(12-10)4-6-2-1-3-8-9(6)14-16-13-8/h1-3,5H,4H2,(H2,11,12,15). The quantitative estimate of drug-likeness (QED) is 0.685. The summed E-state index contributed by atoms with van der Waals surface area (Å²) < 4.78 is 9.17. The van der Waals surface area contributed by atoms with Gasteiger partial charge < -0.3 is 9.97 Å². The highest BCUT2D eigenvalue weighted by Gasteiger charge is 2.06. The number of aromatic amines is 2. The van der Waals surface area contributed by atoms with Gasteiger partial charge in [-0.15, -0.1) is 0 Å². The Kier molecular flexibility index (Phi) is 2.30. The van der Waals surface area contributed by atoms with E-state index in [-0.39, 0.29) is 0 Å². The van der Waals surface area contributed by atoms with Gasteiger partial charge in [-0.3, -0.25) is 0 Å². The lowest BCUT2D eigenvalue weighted by Gasteiger charge is -1.98. The van der Waals surface area contributed by atoms with Crippen LogP contribution in [0.25, 0.3) is 11.0 Å². The van der Waals surface area contributed by atoms with Crippen molar-refractivity contribution in [2.45, 2.75) is 6.42 Å². The summed E-state index contributed by atoms with van der Waals surface area (Å²) in [7, 11) is 0. The van der Waals surface area contributed by atoms with Crippen LogP contribution in [-0.4, -0.2) is 18.7 Å². The summed E-state index contributed by atoms with van der Waals surface area (Å²) in [6.45, 7) is 0. The third kappa shape index (κ3) is 1.66.